The number of aromatic nitrogens is 2. The van der Waals surface area contributed by atoms with Crippen LogP contribution in [0.5, 0.6) is 0 Å². The van der Waals surface area contributed by atoms with Gasteiger partial charge < -0.3 is 4.90 Å². The summed E-state index contributed by atoms with van der Waals surface area (Å²) in [5.74, 6) is 0.807. The maximum Gasteiger partial charge on any atom is 0.187 e. The van der Waals surface area contributed by atoms with Crippen LogP contribution in [0, 0.1) is 0 Å². The summed E-state index contributed by atoms with van der Waals surface area (Å²) in [6, 6.07) is 0. The summed E-state index contributed by atoms with van der Waals surface area (Å²) in [4.78, 5) is 2.08. The Morgan fingerprint density at radius 1 is 1.36 bits per heavy atom. The highest BCUT2D eigenvalue weighted by molar-refractivity contribution is 6.99. The molecule has 0 aliphatic carbocycles. The first kappa shape index (κ1) is 8.74. The van der Waals surface area contributed by atoms with Gasteiger partial charge in [0.1, 0.15) is 0 Å². The van der Waals surface area contributed by atoms with E-state index in [-0.39, 0.29) is 0 Å². The molecule has 0 saturated heterocycles. The molecule has 0 saturated carbocycles. The van der Waals surface area contributed by atoms with E-state index < -0.39 is 0 Å². The zero-order valence-corrected chi connectivity index (χ0v) is 8.11. The molecule has 3 nitrogen and oxygen atoms in total. The molecular weight excluding hydrogens is 182 g/mol. The van der Waals surface area contributed by atoms with Gasteiger partial charge in [-0.2, -0.15) is 8.75 Å². The average molecular weight is 192 g/mol. The average Bonchev–Trinajstić information content (AvgIpc) is 2.40. The fourth-order valence-corrected chi connectivity index (χ4v) is 1.66. The summed E-state index contributed by atoms with van der Waals surface area (Å²) in [6.45, 7) is 5.97. The van der Waals surface area contributed by atoms with Gasteiger partial charge in [-0.25, -0.2) is 0 Å². The van der Waals surface area contributed by atoms with Crippen LogP contribution >= 0.6 is 23.3 Å². The van der Waals surface area contributed by atoms with Crippen LogP contribution in [0.3, 0.4) is 0 Å². The zero-order chi connectivity index (χ0) is 8.27. The first-order valence-electron chi connectivity index (χ1n) is 3.52. The van der Waals surface area contributed by atoms with Crippen molar-refractivity contribution in [2.75, 3.05) is 18.0 Å². The molecule has 0 atom stereocenters. The molecule has 1 aromatic heterocycles. The lowest BCUT2D eigenvalue weighted by molar-refractivity contribution is 0.854. The number of nitrogens with zero attached hydrogens (tertiary/aromatic N) is 3. The number of anilines is 1. The summed E-state index contributed by atoms with van der Waals surface area (Å²) in [7, 11) is 0. The smallest absolute Gasteiger partial charge is 0.187 e. The topological polar surface area (TPSA) is 29.0 Å². The van der Waals surface area contributed by atoms with Gasteiger partial charge in [-0.05, 0) is 13.8 Å². The van der Waals surface area contributed by atoms with Crippen molar-refractivity contribution in [3.8, 4) is 0 Å². The van der Waals surface area contributed by atoms with Crippen molar-refractivity contribution in [1.29, 1.82) is 0 Å². The summed E-state index contributed by atoms with van der Waals surface area (Å²) in [6.07, 6.45) is 0. The van der Waals surface area contributed by atoms with E-state index in [1.165, 1.54) is 0 Å². The second-order valence-electron chi connectivity index (χ2n) is 2.05. The van der Waals surface area contributed by atoms with Gasteiger partial charge in [0.15, 0.2) is 11.0 Å². The Hall–Kier alpha value is -0.350. The molecule has 0 bridgehead atoms. The normalized spacial score (nSPS) is 10.1. The van der Waals surface area contributed by atoms with Crippen LogP contribution in [0.1, 0.15) is 13.8 Å². The van der Waals surface area contributed by atoms with Crippen LogP contribution in [0.4, 0.5) is 5.82 Å². The first-order valence-corrected chi connectivity index (χ1v) is 4.63. The van der Waals surface area contributed by atoms with Gasteiger partial charge in [-0.15, -0.1) is 0 Å². The van der Waals surface area contributed by atoms with Gasteiger partial charge in [-0.3, -0.25) is 0 Å². The third kappa shape index (κ3) is 1.81. The number of hydrogen-bond donors (Lipinski definition) is 0. The molecule has 1 heterocycles. The van der Waals surface area contributed by atoms with E-state index in [1.54, 1.807) is 0 Å². The molecular formula is C6H10ClN3S. The lowest BCUT2D eigenvalue weighted by Crippen LogP contribution is -2.22. The summed E-state index contributed by atoms with van der Waals surface area (Å²) in [5.41, 5.74) is 0. The largest absolute Gasteiger partial charge is 0.354 e. The molecule has 1 aromatic rings. The van der Waals surface area contributed by atoms with E-state index in [0.717, 1.165) is 30.6 Å². The first-order chi connectivity index (χ1) is 5.29. The molecule has 0 aliphatic rings. The van der Waals surface area contributed by atoms with E-state index in [2.05, 4.69) is 27.5 Å². The lowest BCUT2D eigenvalue weighted by Gasteiger charge is -2.16. The molecule has 0 radical (unpaired) electrons. The van der Waals surface area contributed by atoms with Crippen molar-refractivity contribution in [2.24, 2.45) is 0 Å². The van der Waals surface area contributed by atoms with Crippen molar-refractivity contribution in [1.82, 2.24) is 8.75 Å². The minimum atomic E-state index is 0.513. The van der Waals surface area contributed by atoms with Crippen LogP contribution in [-0.4, -0.2) is 21.8 Å². The second kappa shape index (κ2) is 3.88. The second-order valence-corrected chi connectivity index (χ2v) is 2.94. The van der Waals surface area contributed by atoms with Crippen molar-refractivity contribution >= 4 is 29.1 Å². The molecule has 0 aliphatic heterocycles. The van der Waals surface area contributed by atoms with E-state index in [9.17, 15) is 0 Å². The molecule has 0 aromatic carbocycles. The molecule has 0 fully saturated rings. The Morgan fingerprint density at radius 3 is 2.36 bits per heavy atom. The van der Waals surface area contributed by atoms with E-state index in [4.69, 9.17) is 11.6 Å². The van der Waals surface area contributed by atoms with Gasteiger partial charge in [0.2, 0.25) is 0 Å². The number of halogens is 1. The van der Waals surface area contributed by atoms with Crippen LogP contribution < -0.4 is 4.90 Å². The third-order valence-corrected chi connectivity index (χ3v) is 2.37. The SMILES string of the molecule is CCN(CC)c1nsnc1Cl. The highest BCUT2D eigenvalue weighted by atomic mass is 35.5. The Kier molecular flexibility index (Phi) is 3.08. The van der Waals surface area contributed by atoms with Crippen LogP contribution in [-0.2, 0) is 0 Å². The predicted octanol–water partition coefficient (Wildman–Crippen LogP) is 2.04. The monoisotopic (exact) mass is 191 g/mol. The van der Waals surface area contributed by atoms with Gasteiger partial charge in [-0.1, -0.05) is 11.6 Å². The van der Waals surface area contributed by atoms with E-state index in [0.29, 0.717) is 5.15 Å². The van der Waals surface area contributed by atoms with Crippen LogP contribution in [0.2, 0.25) is 5.15 Å². The molecule has 62 valence electrons. The molecule has 0 N–H and O–H groups in total. The Morgan fingerprint density at radius 2 is 2.00 bits per heavy atom. The maximum atomic E-state index is 5.79. The molecule has 1 rings (SSSR count). The maximum absolute atomic E-state index is 5.79. The zero-order valence-electron chi connectivity index (χ0n) is 6.54. The number of hydrogen-bond acceptors (Lipinski definition) is 4. The fraction of sp³-hybridized carbons (Fsp3) is 0.667. The van der Waals surface area contributed by atoms with Gasteiger partial charge in [0.05, 0.1) is 11.7 Å². The molecule has 0 unspecified atom stereocenters. The number of rotatable bonds is 3. The van der Waals surface area contributed by atoms with Crippen LogP contribution in [0.25, 0.3) is 0 Å². The minimum absolute atomic E-state index is 0.513. The standard InChI is InChI=1S/C6H10ClN3S/c1-3-10(4-2)6-5(7)8-11-9-6/h3-4H2,1-2H3. The summed E-state index contributed by atoms with van der Waals surface area (Å²) < 4.78 is 7.97. The van der Waals surface area contributed by atoms with Crippen molar-refractivity contribution < 1.29 is 0 Å². The minimum Gasteiger partial charge on any atom is -0.354 e. The summed E-state index contributed by atoms with van der Waals surface area (Å²) >= 11 is 6.94. The van der Waals surface area contributed by atoms with Gasteiger partial charge in [0, 0.05) is 13.1 Å². The van der Waals surface area contributed by atoms with E-state index in [1.807, 2.05) is 0 Å². The van der Waals surface area contributed by atoms with E-state index >= 15 is 0 Å². The van der Waals surface area contributed by atoms with Gasteiger partial charge in [0.25, 0.3) is 0 Å². The molecule has 0 spiro atoms. The van der Waals surface area contributed by atoms with Gasteiger partial charge >= 0.3 is 0 Å². The highest BCUT2D eigenvalue weighted by Gasteiger charge is 2.10. The summed E-state index contributed by atoms with van der Waals surface area (Å²) in [5, 5.41) is 0.513. The Bertz CT molecular complexity index is 221. The van der Waals surface area contributed by atoms with Crippen molar-refractivity contribution in [3.05, 3.63) is 5.15 Å². The highest BCUT2D eigenvalue weighted by Crippen LogP contribution is 2.21. The fourth-order valence-electron chi connectivity index (χ4n) is 0.885. The Labute approximate surface area is 75.3 Å². The van der Waals surface area contributed by atoms with Crippen molar-refractivity contribution in [2.45, 2.75) is 13.8 Å². The molecule has 5 heteroatoms. The quantitative estimate of drug-likeness (QED) is 0.732. The Balaban J connectivity index is 2.81. The molecule has 11 heavy (non-hydrogen) atoms. The van der Waals surface area contributed by atoms with Crippen LogP contribution in [0.15, 0.2) is 0 Å². The lowest BCUT2D eigenvalue weighted by atomic mass is 10.5. The predicted molar refractivity (Wildman–Crippen MR) is 48.5 cm³/mol. The third-order valence-electron chi connectivity index (χ3n) is 1.50. The molecule has 0 amide bonds. The van der Waals surface area contributed by atoms with Crippen molar-refractivity contribution in [3.63, 3.8) is 0 Å².